The monoisotopic (exact) mass is 401 g/mol. The summed E-state index contributed by atoms with van der Waals surface area (Å²) in [7, 11) is -3.52. The summed E-state index contributed by atoms with van der Waals surface area (Å²) in [6, 6.07) is 7.37. The molecule has 2 atom stereocenters. The van der Waals surface area contributed by atoms with Crippen LogP contribution in [0.2, 0.25) is 0 Å². The number of nitrogens with one attached hydrogen (secondary N) is 3. The molecule has 2 aliphatic heterocycles. The van der Waals surface area contributed by atoms with Gasteiger partial charge in [-0.2, -0.15) is 0 Å². The molecule has 1 aromatic rings. The van der Waals surface area contributed by atoms with Crippen LogP contribution in [0.25, 0.3) is 0 Å². The van der Waals surface area contributed by atoms with E-state index in [9.17, 15) is 13.2 Å². The smallest absolute Gasteiger partial charge is 0.251 e. The van der Waals surface area contributed by atoms with Crippen LogP contribution in [-0.2, 0) is 10.0 Å². The summed E-state index contributed by atoms with van der Waals surface area (Å²) in [5.74, 6) is 0.102. The highest BCUT2D eigenvalue weighted by Crippen LogP contribution is 2.27. The van der Waals surface area contributed by atoms with Gasteiger partial charge in [0.1, 0.15) is 0 Å². The number of fused-ring (bicyclic) bond motifs is 2. The molecule has 2 bridgehead atoms. The Hall–Kier alpha value is -1.15. The molecule has 0 spiro atoms. The van der Waals surface area contributed by atoms with Gasteiger partial charge in [-0.15, -0.1) is 12.4 Å². The van der Waals surface area contributed by atoms with Gasteiger partial charge in [0.05, 0.1) is 4.90 Å². The Bertz CT molecular complexity index is 710. The topological polar surface area (TPSA) is 87.3 Å². The van der Waals surface area contributed by atoms with Crippen molar-refractivity contribution in [2.75, 3.05) is 6.54 Å². The highest BCUT2D eigenvalue weighted by molar-refractivity contribution is 7.89. The summed E-state index contributed by atoms with van der Waals surface area (Å²) in [6.07, 6.45) is 4.31. The Morgan fingerprint density at radius 1 is 1.15 bits per heavy atom. The number of carbonyl (C=O) groups is 1. The van der Waals surface area contributed by atoms with Crippen LogP contribution < -0.4 is 15.4 Å². The van der Waals surface area contributed by atoms with Gasteiger partial charge in [0.25, 0.3) is 5.91 Å². The van der Waals surface area contributed by atoms with E-state index >= 15 is 0 Å². The lowest BCUT2D eigenvalue weighted by Gasteiger charge is -2.29. The van der Waals surface area contributed by atoms with E-state index in [1.54, 1.807) is 12.1 Å². The van der Waals surface area contributed by atoms with E-state index in [1.807, 2.05) is 13.8 Å². The SMILES string of the molecule is CC(C)CNS(=O)(=O)c1ccc(C(=O)NC2CC3CCC(C2)N3)cc1.Cl. The van der Waals surface area contributed by atoms with Gasteiger partial charge in [0.15, 0.2) is 0 Å². The quantitative estimate of drug-likeness (QED) is 0.680. The number of hydrogen-bond donors (Lipinski definition) is 3. The number of piperidine rings is 1. The largest absolute Gasteiger partial charge is 0.349 e. The van der Waals surface area contributed by atoms with Gasteiger partial charge in [-0.25, -0.2) is 13.1 Å². The standard InChI is InChI=1S/C18H27N3O3S.ClH/c1-12(2)11-19-25(23,24)17-7-3-13(4-8-17)18(22)21-16-9-14-5-6-15(10-16)20-14;/h3-4,7-8,12,14-16,19-20H,5-6,9-11H2,1-2H3,(H,21,22);1H. The molecule has 146 valence electrons. The van der Waals surface area contributed by atoms with Crippen LogP contribution in [0.4, 0.5) is 0 Å². The Morgan fingerprint density at radius 2 is 1.73 bits per heavy atom. The van der Waals surface area contributed by atoms with Crippen LogP contribution in [-0.4, -0.2) is 39.0 Å². The van der Waals surface area contributed by atoms with E-state index in [1.165, 1.54) is 25.0 Å². The number of carbonyl (C=O) groups excluding carboxylic acids is 1. The highest BCUT2D eigenvalue weighted by atomic mass is 35.5. The van der Waals surface area contributed by atoms with Crippen LogP contribution in [0, 0.1) is 5.92 Å². The molecular weight excluding hydrogens is 374 g/mol. The minimum Gasteiger partial charge on any atom is -0.349 e. The average Bonchev–Trinajstić information content (AvgIpc) is 2.92. The van der Waals surface area contributed by atoms with Crippen molar-refractivity contribution in [1.82, 2.24) is 15.4 Å². The lowest BCUT2D eigenvalue weighted by molar-refractivity contribution is 0.0924. The maximum Gasteiger partial charge on any atom is 0.251 e. The molecule has 2 heterocycles. The zero-order chi connectivity index (χ0) is 18.0. The Morgan fingerprint density at radius 3 is 2.27 bits per heavy atom. The van der Waals surface area contributed by atoms with Gasteiger partial charge in [-0.05, 0) is 55.9 Å². The number of hydrogen-bond acceptors (Lipinski definition) is 4. The molecule has 2 aliphatic rings. The van der Waals surface area contributed by atoms with Crippen LogP contribution in [0.15, 0.2) is 29.2 Å². The third kappa shape index (κ3) is 5.19. The average molecular weight is 402 g/mol. The Labute approximate surface area is 162 Å². The fraction of sp³-hybridized carbons (Fsp3) is 0.611. The van der Waals surface area contributed by atoms with Crippen molar-refractivity contribution in [1.29, 1.82) is 0 Å². The second kappa shape index (κ2) is 8.69. The summed E-state index contributed by atoms with van der Waals surface area (Å²) in [5, 5.41) is 6.64. The van der Waals surface area contributed by atoms with Crippen molar-refractivity contribution in [3.05, 3.63) is 29.8 Å². The third-order valence-electron chi connectivity index (χ3n) is 4.92. The molecule has 2 fully saturated rings. The highest BCUT2D eigenvalue weighted by Gasteiger charge is 2.34. The molecule has 0 aliphatic carbocycles. The molecule has 26 heavy (non-hydrogen) atoms. The van der Waals surface area contributed by atoms with Crippen molar-refractivity contribution < 1.29 is 13.2 Å². The third-order valence-corrected chi connectivity index (χ3v) is 6.36. The minimum atomic E-state index is -3.52. The van der Waals surface area contributed by atoms with Gasteiger partial charge in [0, 0.05) is 30.2 Å². The Kier molecular flexibility index (Phi) is 7.07. The summed E-state index contributed by atoms with van der Waals surface area (Å²) in [4.78, 5) is 12.6. The molecule has 1 amide bonds. The lowest BCUT2D eigenvalue weighted by atomic mass is 9.99. The summed E-state index contributed by atoms with van der Waals surface area (Å²) in [6.45, 7) is 4.29. The molecule has 6 nitrogen and oxygen atoms in total. The number of halogens is 1. The van der Waals surface area contributed by atoms with E-state index in [-0.39, 0.29) is 35.2 Å². The first-order valence-electron chi connectivity index (χ1n) is 9.00. The fourth-order valence-corrected chi connectivity index (χ4v) is 4.80. The molecule has 3 N–H and O–H groups in total. The summed E-state index contributed by atoms with van der Waals surface area (Å²) < 4.78 is 27.0. The zero-order valence-corrected chi connectivity index (χ0v) is 16.8. The van der Waals surface area contributed by atoms with Crippen molar-refractivity contribution in [2.45, 2.75) is 62.6 Å². The van der Waals surface area contributed by atoms with Gasteiger partial charge in [-0.3, -0.25) is 4.79 Å². The van der Waals surface area contributed by atoms with Gasteiger partial charge >= 0.3 is 0 Å². The van der Waals surface area contributed by atoms with Crippen molar-refractivity contribution >= 4 is 28.3 Å². The molecular formula is C18H28ClN3O3S. The first kappa shape index (κ1) is 21.2. The van der Waals surface area contributed by atoms with Crippen LogP contribution in [0.3, 0.4) is 0 Å². The number of amides is 1. The maximum absolute atomic E-state index is 12.4. The molecule has 0 radical (unpaired) electrons. The van der Waals surface area contributed by atoms with Crippen LogP contribution in [0.5, 0.6) is 0 Å². The fourth-order valence-electron chi connectivity index (χ4n) is 3.59. The van der Waals surface area contributed by atoms with E-state index < -0.39 is 10.0 Å². The normalized spacial score (nSPS) is 25.0. The van der Waals surface area contributed by atoms with Crippen molar-refractivity contribution in [2.24, 2.45) is 5.92 Å². The summed E-state index contributed by atoms with van der Waals surface area (Å²) >= 11 is 0. The first-order chi connectivity index (χ1) is 11.8. The lowest BCUT2D eigenvalue weighted by Crippen LogP contribution is -2.48. The molecule has 2 unspecified atom stereocenters. The van der Waals surface area contributed by atoms with Crippen molar-refractivity contribution in [3.8, 4) is 0 Å². The Balaban J connectivity index is 0.00000243. The first-order valence-corrected chi connectivity index (χ1v) is 10.5. The molecule has 0 aromatic heterocycles. The van der Waals surface area contributed by atoms with E-state index in [0.717, 1.165) is 12.8 Å². The zero-order valence-electron chi connectivity index (χ0n) is 15.2. The van der Waals surface area contributed by atoms with Crippen LogP contribution in [0.1, 0.15) is 49.9 Å². The number of sulfonamides is 1. The second-order valence-electron chi connectivity index (χ2n) is 7.55. The molecule has 3 rings (SSSR count). The predicted octanol–water partition coefficient (Wildman–Crippen LogP) is 2.06. The minimum absolute atomic E-state index is 0. The van der Waals surface area contributed by atoms with Gasteiger partial charge in [0.2, 0.25) is 10.0 Å². The predicted molar refractivity (Wildman–Crippen MR) is 104 cm³/mol. The maximum atomic E-state index is 12.4. The van der Waals surface area contributed by atoms with Crippen molar-refractivity contribution in [3.63, 3.8) is 0 Å². The van der Waals surface area contributed by atoms with E-state index in [0.29, 0.717) is 24.2 Å². The van der Waals surface area contributed by atoms with E-state index in [4.69, 9.17) is 0 Å². The van der Waals surface area contributed by atoms with E-state index in [2.05, 4.69) is 15.4 Å². The van der Waals surface area contributed by atoms with Gasteiger partial charge < -0.3 is 10.6 Å². The molecule has 2 saturated heterocycles. The number of benzene rings is 1. The van der Waals surface area contributed by atoms with Crippen LogP contribution >= 0.6 is 12.4 Å². The molecule has 0 saturated carbocycles. The second-order valence-corrected chi connectivity index (χ2v) is 9.32. The number of rotatable bonds is 6. The van der Waals surface area contributed by atoms with Gasteiger partial charge in [-0.1, -0.05) is 13.8 Å². The molecule has 8 heteroatoms. The molecule has 1 aromatic carbocycles. The summed E-state index contributed by atoms with van der Waals surface area (Å²) in [5.41, 5.74) is 0.494.